The molecule has 3 rings (SSSR count). The molecule has 0 radical (unpaired) electrons. The molecule has 0 aliphatic heterocycles. The van der Waals surface area contributed by atoms with Gasteiger partial charge in [-0.3, -0.25) is 0 Å². The quantitative estimate of drug-likeness (QED) is 0.798. The van der Waals surface area contributed by atoms with Crippen molar-refractivity contribution in [1.29, 1.82) is 0 Å². The summed E-state index contributed by atoms with van der Waals surface area (Å²) in [5.74, 6) is -1.93. The highest BCUT2D eigenvalue weighted by atomic mass is 19.1. The first-order valence-corrected chi connectivity index (χ1v) is 6.31. The normalized spacial score (nSPS) is 11.0. The molecule has 0 saturated carbocycles. The second kappa shape index (κ2) is 5.01. The van der Waals surface area contributed by atoms with Crippen LogP contribution in [0.1, 0.15) is 15.9 Å². The Morgan fingerprint density at radius 3 is 2.52 bits per heavy atom. The van der Waals surface area contributed by atoms with E-state index in [0.717, 1.165) is 11.6 Å². The summed E-state index contributed by atoms with van der Waals surface area (Å²) >= 11 is 0. The van der Waals surface area contributed by atoms with Crippen LogP contribution in [0.3, 0.4) is 0 Å². The Morgan fingerprint density at radius 2 is 1.76 bits per heavy atom. The van der Waals surface area contributed by atoms with Crippen LogP contribution in [0.15, 0.2) is 48.7 Å². The van der Waals surface area contributed by atoms with Crippen molar-refractivity contribution in [2.45, 2.75) is 6.54 Å². The third kappa shape index (κ3) is 2.50. The predicted octanol–water partition coefficient (Wildman–Crippen LogP) is 3.67. The maximum absolute atomic E-state index is 13.4. The van der Waals surface area contributed by atoms with Crippen LogP contribution >= 0.6 is 0 Å². The summed E-state index contributed by atoms with van der Waals surface area (Å²) in [6, 6.07) is 9.66. The van der Waals surface area contributed by atoms with Gasteiger partial charge in [-0.2, -0.15) is 0 Å². The monoisotopic (exact) mass is 287 g/mol. The first kappa shape index (κ1) is 13.3. The molecule has 0 atom stereocenters. The van der Waals surface area contributed by atoms with Crippen molar-refractivity contribution in [2.24, 2.45) is 0 Å². The van der Waals surface area contributed by atoms with Crippen LogP contribution in [0.4, 0.5) is 8.78 Å². The van der Waals surface area contributed by atoms with Gasteiger partial charge >= 0.3 is 5.97 Å². The second-order valence-electron chi connectivity index (χ2n) is 4.75. The number of hydrogen-bond donors (Lipinski definition) is 1. The van der Waals surface area contributed by atoms with Gasteiger partial charge in [-0.15, -0.1) is 0 Å². The van der Waals surface area contributed by atoms with Gasteiger partial charge in [0.15, 0.2) is 0 Å². The van der Waals surface area contributed by atoms with E-state index >= 15 is 0 Å². The summed E-state index contributed by atoms with van der Waals surface area (Å²) in [4.78, 5) is 11.2. The average Bonchev–Trinajstić information content (AvgIpc) is 2.81. The van der Waals surface area contributed by atoms with Crippen molar-refractivity contribution in [3.8, 4) is 0 Å². The third-order valence-electron chi connectivity index (χ3n) is 3.37. The largest absolute Gasteiger partial charge is 0.478 e. The molecule has 21 heavy (non-hydrogen) atoms. The smallest absolute Gasteiger partial charge is 0.336 e. The second-order valence-corrected chi connectivity index (χ2v) is 4.75. The van der Waals surface area contributed by atoms with Crippen LogP contribution in [0, 0.1) is 11.6 Å². The van der Waals surface area contributed by atoms with Gasteiger partial charge in [0.05, 0.1) is 5.56 Å². The standard InChI is InChI=1S/C16H11F2NO2/c17-12-1-3-14(16(20)21)11(8-12)9-19-6-5-10-7-13(18)2-4-15(10)19/h1-8H,9H2,(H,20,21). The van der Waals surface area contributed by atoms with Crippen molar-refractivity contribution in [2.75, 3.05) is 0 Å². The SMILES string of the molecule is O=C(O)c1ccc(F)cc1Cn1ccc2cc(F)ccc21. The molecule has 0 fully saturated rings. The Balaban J connectivity index is 2.06. The lowest BCUT2D eigenvalue weighted by atomic mass is 10.1. The highest BCUT2D eigenvalue weighted by Gasteiger charge is 2.12. The number of carboxylic acid groups (broad SMARTS) is 1. The highest BCUT2D eigenvalue weighted by molar-refractivity contribution is 5.89. The zero-order valence-electron chi connectivity index (χ0n) is 10.9. The minimum Gasteiger partial charge on any atom is -0.478 e. The topological polar surface area (TPSA) is 42.2 Å². The lowest BCUT2D eigenvalue weighted by molar-refractivity contribution is 0.0695. The summed E-state index contributed by atoms with van der Waals surface area (Å²) in [5, 5.41) is 9.86. The number of benzene rings is 2. The molecule has 0 amide bonds. The highest BCUT2D eigenvalue weighted by Crippen LogP contribution is 2.20. The van der Waals surface area contributed by atoms with E-state index in [1.54, 1.807) is 22.9 Å². The molecule has 0 aliphatic rings. The molecule has 3 aromatic rings. The maximum Gasteiger partial charge on any atom is 0.336 e. The number of rotatable bonds is 3. The van der Waals surface area contributed by atoms with Crippen LogP contribution < -0.4 is 0 Å². The first-order chi connectivity index (χ1) is 10.0. The number of halogens is 2. The summed E-state index contributed by atoms with van der Waals surface area (Å²) in [6.07, 6.45) is 1.72. The van der Waals surface area contributed by atoms with Gasteiger partial charge < -0.3 is 9.67 Å². The molecule has 2 aromatic carbocycles. The molecule has 1 heterocycles. The fourth-order valence-electron chi connectivity index (χ4n) is 2.39. The van der Waals surface area contributed by atoms with Crippen LogP contribution in [-0.2, 0) is 6.54 Å². The number of nitrogens with zero attached hydrogens (tertiary/aromatic N) is 1. The molecule has 0 saturated heterocycles. The Kier molecular flexibility index (Phi) is 3.17. The molecular weight excluding hydrogens is 276 g/mol. The fourth-order valence-corrected chi connectivity index (χ4v) is 2.39. The van der Waals surface area contributed by atoms with E-state index in [9.17, 15) is 13.6 Å². The molecule has 0 spiro atoms. The van der Waals surface area contributed by atoms with Gasteiger partial charge in [0.1, 0.15) is 11.6 Å². The summed E-state index contributed by atoms with van der Waals surface area (Å²) in [5.41, 5.74) is 1.18. The summed E-state index contributed by atoms with van der Waals surface area (Å²) in [6.45, 7) is 0.203. The lowest BCUT2D eigenvalue weighted by Crippen LogP contribution is -2.07. The molecule has 5 heteroatoms. The molecular formula is C16H11F2NO2. The van der Waals surface area contributed by atoms with Crippen molar-refractivity contribution in [3.63, 3.8) is 0 Å². The number of hydrogen-bond acceptors (Lipinski definition) is 1. The predicted molar refractivity (Wildman–Crippen MR) is 74.4 cm³/mol. The average molecular weight is 287 g/mol. The number of fused-ring (bicyclic) bond motifs is 1. The van der Waals surface area contributed by atoms with Gasteiger partial charge in [0.25, 0.3) is 0 Å². The zero-order valence-corrected chi connectivity index (χ0v) is 10.9. The molecule has 0 aliphatic carbocycles. The van der Waals surface area contributed by atoms with Crippen LogP contribution in [-0.4, -0.2) is 15.6 Å². The van der Waals surface area contributed by atoms with E-state index in [1.165, 1.54) is 24.3 Å². The molecule has 0 bridgehead atoms. The number of aromatic nitrogens is 1. The summed E-state index contributed by atoms with van der Waals surface area (Å²) < 4.78 is 28.3. The van der Waals surface area contributed by atoms with E-state index in [4.69, 9.17) is 5.11 Å². The third-order valence-corrected chi connectivity index (χ3v) is 3.37. The van der Waals surface area contributed by atoms with Gasteiger partial charge in [0, 0.05) is 23.6 Å². The zero-order chi connectivity index (χ0) is 15.0. The number of carboxylic acids is 1. The lowest BCUT2D eigenvalue weighted by Gasteiger charge is -2.09. The molecule has 1 aromatic heterocycles. The molecule has 106 valence electrons. The number of carbonyl (C=O) groups is 1. The van der Waals surface area contributed by atoms with Crippen molar-refractivity contribution in [3.05, 3.63) is 71.4 Å². The Morgan fingerprint density at radius 1 is 1.05 bits per heavy atom. The minimum absolute atomic E-state index is 0.0559. The number of aromatic carboxylic acids is 1. The van der Waals surface area contributed by atoms with Crippen LogP contribution in [0.5, 0.6) is 0 Å². The summed E-state index contributed by atoms with van der Waals surface area (Å²) in [7, 11) is 0. The van der Waals surface area contributed by atoms with Gasteiger partial charge in [-0.1, -0.05) is 0 Å². The van der Waals surface area contributed by atoms with E-state index in [1.807, 2.05) is 0 Å². The van der Waals surface area contributed by atoms with E-state index < -0.39 is 11.8 Å². The van der Waals surface area contributed by atoms with Crippen molar-refractivity contribution >= 4 is 16.9 Å². The Labute approximate surface area is 119 Å². The fraction of sp³-hybridized carbons (Fsp3) is 0.0625. The molecule has 1 N–H and O–H groups in total. The van der Waals surface area contributed by atoms with Crippen molar-refractivity contribution in [1.82, 2.24) is 4.57 Å². The molecule has 3 nitrogen and oxygen atoms in total. The Hall–Kier alpha value is -2.69. The van der Waals surface area contributed by atoms with E-state index in [-0.39, 0.29) is 17.9 Å². The van der Waals surface area contributed by atoms with Gasteiger partial charge in [-0.25, -0.2) is 13.6 Å². The van der Waals surface area contributed by atoms with Crippen LogP contribution in [0.2, 0.25) is 0 Å². The first-order valence-electron chi connectivity index (χ1n) is 6.31. The Bertz CT molecular complexity index is 839. The minimum atomic E-state index is -1.10. The van der Waals surface area contributed by atoms with Gasteiger partial charge in [0.2, 0.25) is 0 Å². The van der Waals surface area contributed by atoms with Crippen LogP contribution in [0.25, 0.3) is 10.9 Å². The van der Waals surface area contributed by atoms with E-state index in [0.29, 0.717) is 10.9 Å². The van der Waals surface area contributed by atoms with E-state index in [2.05, 4.69) is 0 Å². The van der Waals surface area contributed by atoms with Gasteiger partial charge in [-0.05, 0) is 48.0 Å². The maximum atomic E-state index is 13.4. The molecule has 0 unspecified atom stereocenters. The van der Waals surface area contributed by atoms with Crippen molar-refractivity contribution < 1.29 is 18.7 Å².